The van der Waals surface area contributed by atoms with Crippen molar-refractivity contribution >= 4 is 50.5 Å². The lowest BCUT2D eigenvalue weighted by atomic mass is 10.2. The highest BCUT2D eigenvalue weighted by Gasteiger charge is 2.32. The van der Waals surface area contributed by atoms with Crippen molar-refractivity contribution in [2.75, 3.05) is 26.2 Å². The van der Waals surface area contributed by atoms with Crippen LogP contribution in [0, 0.1) is 6.92 Å². The second kappa shape index (κ2) is 8.09. The first kappa shape index (κ1) is 20.6. The number of hydrogen-bond acceptors (Lipinski definition) is 4. The van der Waals surface area contributed by atoms with Gasteiger partial charge >= 0.3 is 0 Å². The molecule has 0 atom stereocenters. The fraction of sp³-hybridized carbons (Fsp3) is 0.389. The lowest BCUT2D eigenvalue weighted by molar-refractivity contribution is 0.0702. The first-order valence-electron chi connectivity index (χ1n) is 8.58. The van der Waals surface area contributed by atoms with Crippen molar-refractivity contribution in [1.29, 1.82) is 0 Å². The molecule has 0 saturated carbocycles. The van der Waals surface area contributed by atoms with E-state index in [-0.39, 0.29) is 33.9 Å². The minimum atomic E-state index is -3.75. The third-order valence-corrected chi connectivity index (χ3v) is 8.85. The summed E-state index contributed by atoms with van der Waals surface area (Å²) in [7, 11) is -3.75. The van der Waals surface area contributed by atoms with E-state index in [9.17, 15) is 13.2 Å². The molecule has 27 heavy (non-hydrogen) atoms. The number of amides is 1. The monoisotopic (exact) mass is 446 g/mol. The van der Waals surface area contributed by atoms with Crippen LogP contribution in [0.1, 0.15) is 27.0 Å². The van der Waals surface area contributed by atoms with E-state index >= 15 is 0 Å². The molecule has 146 valence electrons. The van der Waals surface area contributed by atoms with Gasteiger partial charge in [0.15, 0.2) is 0 Å². The lowest BCUT2D eigenvalue weighted by Gasteiger charge is -2.34. The normalized spacial score (nSPS) is 15.9. The smallest absolute Gasteiger partial charge is 0.264 e. The van der Waals surface area contributed by atoms with Crippen LogP contribution in [0.15, 0.2) is 29.2 Å². The molecule has 9 heteroatoms. The Labute approximate surface area is 173 Å². The summed E-state index contributed by atoms with van der Waals surface area (Å²) in [6.07, 6.45) is 0.899. The van der Waals surface area contributed by atoms with Crippen molar-refractivity contribution in [3.05, 3.63) is 49.6 Å². The largest absolute Gasteiger partial charge is 0.335 e. The van der Waals surface area contributed by atoms with Crippen LogP contribution in [0.25, 0.3) is 0 Å². The molecule has 2 heterocycles. The molecule has 1 amide bonds. The number of piperazine rings is 1. The molecule has 0 aliphatic carbocycles. The maximum absolute atomic E-state index is 12.9. The summed E-state index contributed by atoms with van der Waals surface area (Å²) in [5.74, 6) is -0.0411. The molecule has 0 unspecified atom stereocenters. The summed E-state index contributed by atoms with van der Waals surface area (Å²) >= 11 is 13.6. The third-order valence-electron chi connectivity index (χ3n) is 4.61. The molecule has 0 radical (unpaired) electrons. The Balaban J connectivity index is 1.73. The van der Waals surface area contributed by atoms with Gasteiger partial charge in [-0.25, -0.2) is 8.42 Å². The van der Waals surface area contributed by atoms with E-state index in [1.54, 1.807) is 17.0 Å². The van der Waals surface area contributed by atoms with E-state index in [0.717, 1.165) is 12.0 Å². The SMILES string of the molecule is CCc1sc(C(=O)N2CCN(S(=O)(=O)c3cccc(Cl)c3Cl)CC2)cc1C. The van der Waals surface area contributed by atoms with Crippen molar-refractivity contribution < 1.29 is 13.2 Å². The minimum absolute atomic E-state index is 0.00193. The molecular weight excluding hydrogens is 427 g/mol. The summed E-state index contributed by atoms with van der Waals surface area (Å²) in [6.45, 7) is 5.20. The number of carbonyl (C=O) groups is 1. The number of benzene rings is 1. The summed E-state index contributed by atoms with van der Waals surface area (Å²) in [6, 6.07) is 6.47. The molecule has 1 aliphatic heterocycles. The zero-order chi connectivity index (χ0) is 19.8. The number of nitrogens with zero attached hydrogens (tertiary/aromatic N) is 2. The van der Waals surface area contributed by atoms with Gasteiger partial charge in [-0.15, -0.1) is 11.3 Å². The number of aryl methyl sites for hydroxylation is 2. The van der Waals surface area contributed by atoms with Crippen molar-refractivity contribution in [3.8, 4) is 0 Å². The Morgan fingerprint density at radius 2 is 1.85 bits per heavy atom. The molecule has 0 bridgehead atoms. The lowest BCUT2D eigenvalue weighted by Crippen LogP contribution is -2.50. The molecule has 1 aromatic heterocycles. The summed E-state index contributed by atoms with van der Waals surface area (Å²) in [5.41, 5.74) is 1.13. The van der Waals surface area contributed by atoms with Gasteiger partial charge in [-0.3, -0.25) is 4.79 Å². The second-order valence-electron chi connectivity index (χ2n) is 6.32. The molecule has 1 saturated heterocycles. The second-order valence-corrected chi connectivity index (χ2v) is 10.1. The van der Waals surface area contributed by atoms with Crippen LogP contribution in [-0.2, 0) is 16.4 Å². The summed E-state index contributed by atoms with van der Waals surface area (Å²) in [5, 5.41) is 0.227. The number of hydrogen-bond donors (Lipinski definition) is 0. The van der Waals surface area contributed by atoms with Crippen LogP contribution in [0.2, 0.25) is 10.0 Å². The van der Waals surface area contributed by atoms with Crippen LogP contribution in [0.4, 0.5) is 0 Å². The molecule has 1 aromatic carbocycles. The van der Waals surface area contributed by atoms with Crippen LogP contribution >= 0.6 is 34.5 Å². The van der Waals surface area contributed by atoms with Gasteiger partial charge in [0.05, 0.1) is 14.9 Å². The van der Waals surface area contributed by atoms with Crippen LogP contribution in [0.3, 0.4) is 0 Å². The molecule has 0 spiro atoms. The van der Waals surface area contributed by atoms with Gasteiger partial charge in [-0.05, 0) is 37.1 Å². The summed E-state index contributed by atoms with van der Waals surface area (Å²) in [4.78, 5) is 16.3. The fourth-order valence-electron chi connectivity index (χ4n) is 3.09. The van der Waals surface area contributed by atoms with Gasteiger partial charge < -0.3 is 4.90 Å². The minimum Gasteiger partial charge on any atom is -0.335 e. The molecular formula is C18H20Cl2N2O3S2. The number of thiophene rings is 1. The van der Waals surface area contributed by atoms with Gasteiger partial charge in [-0.1, -0.05) is 36.2 Å². The van der Waals surface area contributed by atoms with Crippen LogP contribution in [-0.4, -0.2) is 49.7 Å². The maximum Gasteiger partial charge on any atom is 0.264 e. The van der Waals surface area contributed by atoms with E-state index in [2.05, 4.69) is 6.92 Å². The average molecular weight is 447 g/mol. The van der Waals surface area contributed by atoms with E-state index in [1.165, 1.54) is 26.6 Å². The number of sulfonamides is 1. The predicted octanol–water partition coefficient (Wildman–Crippen LogP) is 4.07. The quantitative estimate of drug-likeness (QED) is 0.710. The van der Waals surface area contributed by atoms with E-state index < -0.39 is 10.0 Å². The standard InChI is InChI=1S/C18H20Cl2N2O3S2/c1-3-14-12(2)11-15(26-14)18(23)21-7-9-22(10-8-21)27(24,25)16-6-4-5-13(19)17(16)20/h4-6,11H,3,7-10H2,1-2H3. The van der Waals surface area contributed by atoms with Gasteiger partial charge in [-0.2, -0.15) is 4.31 Å². The Bertz CT molecular complexity index is 965. The molecule has 2 aromatic rings. The van der Waals surface area contributed by atoms with Crippen molar-refractivity contribution in [1.82, 2.24) is 9.21 Å². The summed E-state index contributed by atoms with van der Waals surface area (Å²) < 4.78 is 27.1. The Morgan fingerprint density at radius 1 is 1.19 bits per heavy atom. The Hall–Kier alpha value is -1.12. The van der Waals surface area contributed by atoms with Crippen molar-refractivity contribution in [2.45, 2.75) is 25.2 Å². The average Bonchev–Trinajstić information content (AvgIpc) is 3.04. The first-order chi connectivity index (χ1) is 12.8. The van der Waals surface area contributed by atoms with Gasteiger partial charge in [0.25, 0.3) is 5.91 Å². The first-order valence-corrected chi connectivity index (χ1v) is 11.6. The fourth-order valence-corrected chi connectivity index (χ4v) is 6.33. The topological polar surface area (TPSA) is 57.7 Å². The number of rotatable bonds is 4. The molecule has 1 aliphatic rings. The molecule has 0 N–H and O–H groups in total. The third kappa shape index (κ3) is 4.03. The van der Waals surface area contributed by atoms with Gasteiger partial charge in [0.1, 0.15) is 4.90 Å². The van der Waals surface area contributed by atoms with Gasteiger partial charge in [0, 0.05) is 31.1 Å². The zero-order valence-electron chi connectivity index (χ0n) is 15.0. The number of halogens is 2. The van der Waals surface area contributed by atoms with E-state index in [1.807, 2.05) is 13.0 Å². The van der Waals surface area contributed by atoms with E-state index in [0.29, 0.717) is 18.0 Å². The Kier molecular flexibility index (Phi) is 6.17. The highest BCUT2D eigenvalue weighted by atomic mass is 35.5. The zero-order valence-corrected chi connectivity index (χ0v) is 18.2. The molecule has 1 fully saturated rings. The van der Waals surface area contributed by atoms with Crippen LogP contribution < -0.4 is 0 Å². The molecule has 5 nitrogen and oxygen atoms in total. The van der Waals surface area contributed by atoms with Crippen molar-refractivity contribution in [2.24, 2.45) is 0 Å². The van der Waals surface area contributed by atoms with Crippen LogP contribution in [0.5, 0.6) is 0 Å². The maximum atomic E-state index is 12.9. The van der Waals surface area contributed by atoms with Crippen molar-refractivity contribution in [3.63, 3.8) is 0 Å². The number of carbonyl (C=O) groups excluding carboxylic acids is 1. The van der Waals surface area contributed by atoms with E-state index in [4.69, 9.17) is 23.2 Å². The predicted molar refractivity (Wildman–Crippen MR) is 110 cm³/mol. The highest BCUT2D eigenvalue weighted by Crippen LogP contribution is 2.31. The Morgan fingerprint density at radius 3 is 2.44 bits per heavy atom. The highest BCUT2D eigenvalue weighted by molar-refractivity contribution is 7.89. The van der Waals surface area contributed by atoms with Gasteiger partial charge in [0.2, 0.25) is 10.0 Å². The molecule has 3 rings (SSSR count).